The van der Waals surface area contributed by atoms with E-state index in [1.807, 2.05) is 41.4 Å². The Labute approximate surface area is 133 Å². The van der Waals surface area contributed by atoms with Gasteiger partial charge in [0.1, 0.15) is 11.8 Å². The van der Waals surface area contributed by atoms with Gasteiger partial charge in [0.2, 0.25) is 5.91 Å². The van der Waals surface area contributed by atoms with Crippen molar-refractivity contribution in [3.8, 4) is 0 Å². The summed E-state index contributed by atoms with van der Waals surface area (Å²) in [4.78, 5) is 26.6. The zero-order valence-electron chi connectivity index (χ0n) is 12.0. The summed E-state index contributed by atoms with van der Waals surface area (Å²) in [6.45, 7) is 0. The molecule has 0 aromatic heterocycles. The van der Waals surface area contributed by atoms with Gasteiger partial charge in [-0.25, -0.2) is 0 Å². The monoisotopic (exact) mass is 316 g/mol. The van der Waals surface area contributed by atoms with Crippen LogP contribution < -0.4 is 5.73 Å². The molecule has 5 heteroatoms. The number of rotatable bonds is 1. The van der Waals surface area contributed by atoms with Crippen LogP contribution in [0.3, 0.4) is 0 Å². The van der Waals surface area contributed by atoms with Gasteiger partial charge >= 0.3 is 0 Å². The molecule has 1 amide bonds. The van der Waals surface area contributed by atoms with Crippen molar-refractivity contribution in [2.75, 3.05) is 0 Å². The maximum atomic E-state index is 12.6. The van der Waals surface area contributed by atoms with E-state index in [1.54, 1.807) is 0 Å². The molecule has 1 saturated carbocycles. The van der Waals surface area contributed by atoms with Crippen LogP contribution in [0.1, 0.15) is 30.0 Å². The van der Waals surface area contributed by atoms with Gasteiger partial charge < -0.3 is 10.6 Å². The molecule has 0 unspecified atom stereocenters. The predicted octanol–water partition coefficient (Wildman–Crippen LogP) is 2.08. The number of halogens is 1. The molecule has 5 atom stereocenters. The number of nitrogens with two attached hydrogens (primary N) is 1. The van der Waals surface area contributed by atoms with Crippen LogP contribution >= 0.6 is 11.6 Å². The number of hydrogen-bond donors (Lipinski definition) is 1. The lowest BCUT2D eigenvalue weighted by Crippen LogP contribution is -2.44. The summed E-state index contributed by atoms with van der Waals surface area (Å²) in [5.74, 6) is -0.513. The van der Waals surface area contributed by atoms with Crippen molar-refractivity contribution in [3.63, 3.8) is 0 Å². The number of Topliss-reactive ketones (excluding diaryl/α,β-unsaturated/α-hetero) is 1. The van der Waals surface area contributed by atoms with E-state index in [2.05, 4.69) is 0 Å². The van der Waals surface area contributed by atoms with Gasteiger partial charge in [-0.05, 0) is 23.6 Å². The number of benzene rings is 1. The molecule has 2 heterocycles. The van der Waals surface area contributed by atoms with Crippen LogP contribution in [0.15, 0.2) is 30.5 Å². The molecule has 4 rings (SSSR count). The highest BCUT2D eigenvalue weighted by atomic mass is 35.5. The maximum Gasteiger partial charge on any atom is 0.240 e. The van der Waals surface area contributed by atoms with E-state index < -0.39 is 6.04 Å². The maximum absolute atomic E-state index is 12.6. The van der Waals surface area contributed by atoms with Gasteiger partial charge in [0.05, 0.1) is 6.04 Å². The van der Waals surface area contributed by atoms with Crippen LogP contribution in [-0.2, 0) is 9.59 Å². The van der Waals surface area contributed by atoms with E-state index in [4.69, 9.17) is 17.3 Å². The topological polar surface area (TPSA) is 63.4 Å². The van der Waals surface area contributed by atoms with Crippen LogP contribution in [0.25, 0.3) is 6.08 Å². The number of alkyl halides is 1. The number of carbonyl (C=O) groups excluding carboxylic acids is 2. The second-order valence-corrected chi connectivity index (χ2v) is 6.99. The highest BCUT2D eigenvalue weighted by Crippen LogP contribution is 2.52. The molecule has 1 saturated heterocycles. The van der Waals surface area contributed by atoms with E-state index in [0.717, 1.165) is 11.1 Å². The van der Waals surface area contributed by atoms with Gasteiger partial charge in [0.25, 0.3) is 0 Å². The molecular formula is C17H17ClN2O2. The molecule has 1 aromatic carbocycles. The van der Waals surface area contributed by atoms with Crippen molar-refractivity contribution in [1.29, 1.82) is 0 Å². The minimum absolute atomic E-state index is 0.0953. The molecule has 0 spiro atoms. The third-order valence-electron chi connectivity index (χ3n) is 5.20. The molecule has 2 N–H and O–H groups in total. The Morgan fingerprint density at radius 3 is 2.86 bits per heavy atom. The molecular weight excluding hydrogens is 300 g/mol. The molecule has 0 bridgehead atoms. The SMILES string of the molecule is NC(=O)[C@H]1[C@@H]2C[C@@H](Cl)CC(=O)[C@H]2[C@@H]2c3ccccc3C=CN12. The van der Waals surface area contributed by atoms with E-state index in [9.17, 15) is 9.59 Å². The van der Waals surface area contributed by atoms with Gasteiger partial charge in [-0.15, -0.1) is 11.6 Å². The summed E-state index contributed by atoms with van der Waals surface area (Å²) < 4.78 is 0. The standard InChI is InChI=1S/C17H17ClN2O2/c18-10-7-12-14(13(21)8-10)15-11-4-2-1-3-9(11)5-6-20(15)16(12)17(19)22/h1-6,10,12,14-16H,7-8H2,(H2,19,22)/t10-,12-,14+,15+,16-/m1/s1. The Balaban J connectivity index is 1.86. The minimum atomic E-state index is -0.454. The van der Waals surface area contributed by atoms with Gasteiger partial charge in [-0.1, -0.05) is 24.3 Å². The number of nitrogens with zero attached hydrogens (tertiary/aromatic N) is 1. The zero-order valence-corrected chi connectivity index (χ0v) is 12.7. The Kier molecular flexibility index (Phi) is 3.05. The van der Waals surface area contributed by atoms with E-state index in [1.165, 1.54) is 0 Å². The summed E-state index contributed by atoms with van der Waals surface area (Å²) in [6.07, 6.45) is 4.94. The van der Waals surface area contributed by atoms with Crippen LogP contribution in [0, 0.1) is 11.8 Å². The lowest BCUT2D eigenvalue weighted by atomic mass is 9.73. The lowest BCUT2D eigenvalue weighted by molar-refractivity contribution is -0.127. The molecule has 4 nitrogen and oxygen atoms in total. The number of carbonyl (C=O) groups is 2. The first-order chi connectivity index (χ1) is 10.6. The first kappa shape index (κ1) is 13.8. The molecule has 2 fully saturated rings. The van der Waals surface area contributed by atoms with E-state index >= 15 is 0 Å². The molecule has 114 valence electrons. The normalized spacial score (nSPS) is 35.8. The molecule has 1 aromatic rings. The number of ketones is 1. The minimum Gasteiger partial charge on any atom is -0.368 e. The van der Waals surface area contributed by atoms with Gasteiger partial charge in [0, 0.05) is 29.8 Å². The summed E-state index contributed by atoms with van der Waals surface area (Å²) in [5.41, 5.74) is 7.86. The highest BCUT2D eigenvalue weighted by molar-refractivity contribution is 6.22. The van der Waals surface area contributed by atoms with Crippen LogP contribution in [0.4, 0.5) is 0 Å². The lowest BCUT2D eigenvalue weighted by Gasteiger charge is -2.33. The van der Waals surface area contributed by atoms with Crippen LogP contribution in [0.5, 0.6) is 0 Å². The van der Waals surface area contributed by atoms with Gasteiger partial charge in [-0.2, -0.15) is 0 Å². The average Bonchev–Trinajstić information content (AvgIpc) is 2.81. The Hall–Kier alpha value is -1.81. The quantitative estimate of drug-likeness (QED) is 0.807. The Morgan fingerprint density at radius 2 is 2.09 bits per heavy atom. The first-order valence-corrected chi connectivity index (χ1v) is 8.02. The van der Waals surface area contributed by atoms with Crippen molar-refractivity contribution in [2.45, 2.75) is 30.3 Å². The third-order valence-corrected chi connectivity index (χ3v) is 5.54. The van der Waals surface area contributed by atoms with Gasteiger partial charge in [0.15, 0.2) is 0 Å². The highest BCUT2D eigenvalue weighted by Gasteiger charge is 2.56. The van der Waals surface area contributed by atoms with Crippen molar-refractivity contribution >= 4 is 29.4 Å². The smallest absolute Gasteiger partial charge is 0.240 e. The molecule has 0 radical (unpaired) electrons. The molecule has 2 aliphatic heterocycles. The number of fused-ring (bicyclic) bond motifs is 5. The van der Waals surface area contributed by atoms with E-state index in [-0.39, 0.29) is 34.9 Å². The van der Waals surface area contributed by atoms with Crippen molar-refractivity contribution in [2.24, 2.45) is 17.6 Å². The summed E-state index contributed by atoms with van der Waals surface area (Å²) >= 11 is 6.24. The largest absolute Gasteiger partial charge is 0.368 e. The molecule has 22 heavy (non-hydrogen) atoms. The predicted molar refractivity (Wildman–Crippen MR) is 83.9 cm³/mol. The number of hydrogen-bond acceptors (Lipinski definition) is 3. The third kappa shape index (κ3) is 1.83. The number of primary amides is 1. The molecule has 3 aliphatic rings. The average molecular weight is 317 g/mol. The van der Waals surface area contributed by atoms with Crippen molar-refractivity contribution in [1.82, 2.24) is 4.90 Å². The summed E-state index contributed by atoms with van der Waals surface area (Å²) in [6, 6.07) is 7.48. The Bertz CT molecular complexity index is 687. The summed E-state index contributed by atoms with van der Waals surface area (Å²) in [5, 5.41) is -0.198. The molecule has 1 aliphatic carbocycles. The van der Waals surface area contributed by atoms with Crippen molar-refractivity contribution < 1.29 is 9.59 Å². The van der Waals surface area contributed by atoms with Gasteiger partial charge in [-0.3, -0.25) is 9.59 Å². The second kappa shape index (κ2) is 4.85. The fourth-order valence-electron chi connectivity index (χ4n) is 4.43. The Morgan fingerprint density at radius 1 is 1.32 bits per heavy atom. The first-order valence-electron chi connectivity index (χ1n) is 7.58. The summed E-state index contributed by atoms with van der Waals surface area (Å²) in [7, 11) is 0. The van der Waals surface area contributed by atoms with Crippen molar-refractivity contribution in [3.05, 3.63) is 41.6 Å². The van der Waals surface area contributed by atoms with Crippen LogP contribution in [0.2, 0.25) is 0 Å². The fourth-order valence-corrected chi connectivity index (χ4v) is 4.79. The zero-order chi connectivity index (χ0) is 15.4. The number of amides is 1. The van der Waals surface area contributed by atoms with Crippen LogP contribution in [-0.4, -0.2) is 28.0 Å². The van der Waals surface area contributed by atoms with E-state index in [0.29, 0.717) is 12.8 Å². The fraction of sp³-hybridized carbons (Fsp3) is 0.412. The second-order valence-electron chi connectivity index (χ2n) is 6.38.